The van der Waals surface area contributed by atoms with E-state index in [9.17, 15) is 9.59 Å². The molecule has 1 saturated heterocycles. The lowest BCUT2D eigenvalue weighted by molar-refractivity contribution is -0.140. The van der Waals surface area contributed by atoms with Gasteiger partial charge < -0.3 is 10.6 Å². The van der Waals surface area contributed by atoms with Gasteiger partial charge in [-0.05, 0) is 31.1 Å². The average Bonchev–Trinajstić information content (AvgIpc) is 3.21. The Hall–Kier alpha value is -1.85. The molecule has 6 nitrogen and oxygen atoms in total. The molecule has 2 bridgehead atoms. The van der Waals surface area contributed by atoms with Gasteiger partial charge in [-0.3, -0.25) is 19.5 Å². The highest BCUT2D eigenvalue weighted by Crippen LogP contribution is 2.52. The molecule has 2 fully saturated rings. The molecular weight excluding hydrogens is 304 g/mol. The summed E-state index contributed by atoms with van der Waals surface area (Å²) in [7, 11) is 0. The highest BCUT2D eigenvalue weighted by Gasteiger charge is 2.58. The zero-order valence-corrected chi connectivity index (χ0v) is 14.8. The van der Waals surface area contributed by atoms with E-state index in [0.29, 0.717) is 19.0 Å². The van der Waals surface area contributed by atoms with Crippen LogP contribution in [0, 0.1) is 29.6 Å². The predicted octanol–water partition coefficient (Wildman–Crippen LogP) is 1.00. The van der Waals surface area contributed by atoms with Crippen LogP contribution in [-0.2, 0) is 9.59 Å². The van der Waals surface area contributed by atoms with Gasteiger partial charge in [-0.25, -0.2) is 0 Å². The van der Waals surface area contributed by atoms with Crippen LogP contribution in [0.15, 0.2) is 17.1 Å². The van der Waals surface area contributed by atoms with Gasteiger partial charge in [0.25, 0.3) is 0 Å². The van der Waals surface area contributed by atoms with E-state index in [1.807, 2.05) is 6.92 Å². The summed E-state index contributed by atoms with van der Waals surface area (Å²) in [4.78, 5) is 31.2. The standard InChI is InChI=1S/C18H28N4O2/c1-4-19-18(21-10-11(2)3)20-7-8-22-16(23)14-12-5-6-13(9-12)15(14)17(22)24/h5-6,11-15H,4,7-10H2,1-3H3,(H2,19,20,21). The molecule has 4 atom stereocenters. The number of amides is 2. The Balaban J connectivity index is 1.54. The lowest BCUT2D eigenvalue weighted by Gasteiger charge is -2.18. The van der Waals surface area contributed by atoms with Gasteiger partial charge in [-0.1, -0.05) is 26.0 Å². The molecular formula is C18H28N4O2. The molecule has 2 aliphatic carbocycles. The molecule has 2 N–H and O–H groups in total. The number of fused-ring (bicyclic) bond motifs is 5. The van der Waals surface area contributed by atoms with Crippen molar-refractivity contribution in [2.24, 2.45) is 34.6 Å². The van der Waals surface area contributed by atoms with Gasteiger partial charge in [-0.15, -0.1) is 0 Å². The average molecular weight is 332 g/mol. The third kappa shape index (κ3) is 3.06. The number of likely N-dealkylation sites (tertiary alicyclic amines) is 1. The van der Waals surface area contributed by atoms with Crippen LogP contribution < -0.4 is 10.6 Å². The Morgan fingerprint density at radius 1 is 1.21 bits per heavy atom. The summed E-state index contributed by atoms with van der Waals surface area (Å²) >= 11 is 0. The highest BCUT2D eigenvalue weighted by molar-refractivity contribution is 6.06. The molecule has 24 heavy (non-hydrogen) atoms. The number of imide groups is 1. The second-order valence-electron chi connectivity index (χ2n) is 7.37. The van der Waals surface area contributed by atoms with Crippen LogP contribution in [0.4, 0.5) is 0 Å². The number of guanidine groups is 1. The van der Waals surface area contributed by atoms with Gasteiger partial charge in [0, 0.05) is 26.2 Å². The quantitative estimate of drug-likeness (QED) is 0.329. The Labute approximate surface area is 143 Å². The molecule has 1 heterocycles. The monoisotopic (exact) mass is 332 g/mol. The van der Waals surface area contributed by atoms with Gasteiger partial charge in [0.05, 0.1) is 11.8 Å². The van der Waals surface area contributed by atoms with Crippen LogP contribution in [0.5, 0.6) is 0 Å². The first-order valence-electron chi connectivity index (χ1n) is 9.08. The third-order valence-corrected chi connectivity index (χ3v) is 5.15. The lowest BCUT2D eigenvalue weighted by atomic mass is 9.85. The van der Waals surface area contributed by atoms with Crippen molar-refractivity contribution >= 4 is 17.8 Å². The summed E-state index contributed by atoms with van der Waals surface area (Å²) in [5.74, 6) is 1.63. The van der Waals surface area contributed by atoms with Crippen molar-refractivity contribution in [3.63, 3.8) is 0 Å². The molecule has 0 aromatic rings. The van der Waals surface area contributed by atoms with Crippen LogP contribution in [0.25, 0.3) is 0 Å². The van der Waals surface area contributed by atoms with Gasteiger partial charge in [0.15, 0.2) is 5.96 Å². The molecule has 2 amide bonds. The van der Waals surface area contributed by atoms with Crippen LogP contribution >= 0.6 is 0 Å². The van der Waals surface area contributed by atoms with E-state index in [2.05, 4.69) is 41.6 Å². The van der Waals surface area contributed by atoms with E-state index >= 15 is 0 Å². The maximum Gasteiger partial charge on any atom is 0.233 e. The zero-order valence-electron chi connectivity index (χ0n) is 14.8. The molecule has 0 aromatic heterocycles. The van der Waals surface area contributed by atoms with Crippen molar-refractivity contribution in [1.29, 1.82) is 0 Å². The van der Waals surface area contributed by atoms with Crippen molar-refractivity contribution in [3.05, 3.63) is 12.2 Å². The molecule has 6 heteroatoms. The number of hydrogen-bond acceptors (Lipinski definition) is 3. The van der Waals surface area contributed by atoms with E-state index in [-0.39, 0.29) is 35.5 Å². The maximum atomic E-state index is 12.6. The van der Waals surface area contributed by atoms with E-state index in [4.69, 9.17) is 0 Å². The number of carbonyl (C=O) groups excluding carboxylic acids is 2. The first-order valence-corrected chi connectivity index (χ1v) is 9.08. The number of nitrogens with one attached hydrogen (secondary N) is 2. The zero-order chi connectivity index (χ0) is 17.3. The van der Waals surface area contributed by atoms with Crippen molar-refractivity contribution in [2.45, 2.75) is 27.2 Å². The molecule has 132 valence electrons. The number of rotatable bonds is 6. The second kappa shape index (κ2) is 6.95. The molecule has 4 unspecified atom stereocenters. The fourth-order valence-electron chi connectivity index (χ4n) is 4.09. The number of allylic oxidation sites excluding steroid dienone is 2. The Morgan fingerprint density at radius 2 is 1.83 bits per heavy atom. The van der Waals surface area contributed by atoms with Gasteiger partial charge in [-0.2, -0.15) is 0 Å². The molecule has 1 aliphatic heterocycles. The summed E-state index contributed by atoms with van der Waals surface area (Å²) in [6.07, 6.45) is 5.23. The summed E-state index contributed by atoms with van der Waals surface area (Å²) in [6.45, 7) is 8.73. The maximum absolute atomic E-state index is 12.6. The Bertz CT molecular complexity index is 539. The molecule has 0 radical (unpaired) electrons. The number of hydrogen-bond donors (Lipinski definition) is 2. The van der Waals surface area contributed by atoms with E-state index in [1.165, 1.54) is 4.90 Å². The minimum atomic E-state index is -0.102. The predicted molar refractivity (Wildman–Crippen MR) is 93.3 cm³/mol. The normalized spacial score (nSPS) is 31.3. The first-order chi connectivity index (χ1) is 11.5. The fourth-order valence-corrected chi connectivity index (χ4v) is 4.09. The van der Waals surface area contributed by atoms with Crippen molar-refractivity contribution in [3.8, 4) is 0 Å². The van der Waals surface area contributed by atoms with Gasteiger partial charge in [0.1, 0.15) is 0 Å². The first kappa shape index (κ1) is 17.0. The van der Waals surface area contributed by atoms with E-state index in [0.717, 1.165) is 25.5 Å². The van der Waals surface area contributed by atoms with Crippen LogP contribution in [0.3, 0.4) is 0 Å². The Morgan fingerprint density at radius 3 is 2.38 bits per heavy atom. The van der Waals surface area contributed by atoms with Gasteiger partial charge >= 0.3 is 0 Å². The Kier molecular flexibility index (Phi) is 4.92. The van der Waals surface area contributed by atoms with Crippen molar-refractivity contribution in [1.82, 2.24) is 15.5 Å². The van der Waals surface area contributed by atoms with Crippen molar-refractivity contribution in [2.75, 3.05) is 26.2 Å². The van der Waals surface area contributed by atoms with Gasteiger partial charge in [0.2, 0.25) is 11.8 Å². The lowest BCUT2D eigenvalue weighted by Crippen LogP contribution is -2.43. The molecule has 3 rings (SSSR count). The summed E-state index contributed by atoms with van der Waals surface area (Å²) in [5, 5.41) is 6.42. The summed E-state index contributed by atoms with van der Waals surface area (Å²) in [5.41, 5.74) is 0. The summed E-state index contributed by atoms with van der Waals surface area (Å²) in [6, 6.07) is 0. The topological polar surface area (TPSA) is 73.8 Å². The van der Waals surface area contributed by atoms with Crippen LogP contribution in [-0.4, -0.2) is 48.9 Å². The number of aliphatic imine (C=N–C) groups is 1. The van der Waals surface area contributed by atoms with Crippen LogP contribution in [0.2, 0.25) is 0 Å². The summed E-state index contributed by atoms with van der Waals surface area (Å²) < 4.78 is 0. The fraction of sp³-hybridized carbons (Fsp3) is 0.722. The van der Waals surface area contributed by atoms with Crippen molar-refractivity contribution < 1.29 is 9.59 Å². The SMILES string of the molecule is CCNC(=NCC(C)C)NCCN1C(=O)C2C3C=CC(C3)C2C1=O. The molecule has 3 aliphatic rings. The smallest absolute Gasteiger partial charge is 0.233 e. The third-order valence-electron chi connectivity index (χ3n) is 5.15. The molecule has 0 spiro atoms. The highest BCUT2D eigenvalue weighted by atomic mass is 16.2. The van der Waals surface area contributed by atoms with E-state index in [1.54, 1.807) is 0 Å². The minimum Gasteiger partial charge on any atom is -0.357 e. The molecule has 1 saturated carbocycles. The minimum absolute atomic E-state index is 0.0211. The molecule has 0 aromatic carbocycles. The van der Waals surface area contributed by atoms with Crippen LogP contribution in [0.1, 0.15) is 27.2 Å². The van der Waals surface area contributed by atoms with E-state index < -0.39 is 0 Å². The number of nitrogens with zero attached hydrogens (tertiary/aromatic N) is 2. The largest absolute Gasteiger partial charge is 0.357 e. The second-order valence-corrected chi connectivity index (χ2v) is 7.37. The number of carbonyl (C=O) groups is 2.